The zero-order valence-corrected chi connectivity index (χ0v) is 26.2. The second-order valence-electron chi connectivity index (χ2n) is 12.6. The molecular weight excluding hydrogens is 568 g/mol. The average Bonchev–Trinajstić information content (AvgIpc) is 3.52. The average molecular weight is 607 g/mol. The van der Waals surface area contributed by atoms with Gasteiger partial charge in [-0.15, -0.1) is 0 Å². The van der Waals surface area contributed by atoms with Crippen LogP contribution in [0.15, 0.2) is 60.7 Å². The molecule has 0 spiro atoms. The Balaban J connectivity index is 1.35. The number of nitrogens with zero attached hydrogens (tertiary/aromatic N) is 1. The predicted octanol–water partition coefficient (Wildman–Crippen LogP) is 6.71. The van der Waals surface area contributed by atoms with E-state index in [0.717, 1.165) is 61.4 Å². The first kappa shape index (κ1) is 28.1. The van der Waals surface area contributed by atoms with Crippen LogP contribution >= 0.6 is 0 Å². The molecule has 4 aromatic carbocycles. The van der Waals surface area contributed by atoms with Crippen LogP contribution in [0.5, 0.6) is 46.0 Å². The Morgan fingerprint density at radius 3 is 2.42 bits per heavy atom. The van der Waals surface area contributed by atoms with Crippen molar-refractivity contribution in [2.75, 3.05) is 41.1 Å². The maximum Gasteiger partial charge on any atom is 0.231 e. The lowest BCUT2D eigenvalue weighted by molar-refractivity contribution is 0.119. The van der Waals surface area contributed by atoms with Crippen LogP contribution in [0.4, 0.5) is 0 Å². The first-order chi connectivity index (χ1) is 21.9. The summed E-state index contributed by atoms with van der Waals surface area (Å²) in [4.78, 5) is 2.42. The number of likely N-dealkylation sites (N-methyl/N-ethyl adjacent to an activating group) is 1. The van der Waals surface area contributed by atoms with E-state index >= 15 is 0 Å². The molecule has 6 bridgehead atoms. The molecule has 5 heterocycles. The molecule has 8 heteroatoms. The van der Waals surface area contributed by atoms with Gasteiger partial charge in [0, 0.05) is 18.2 Å². The van der Waals surface area contributed by atoms with Gasteiger partial charge in [0.1, 0.15) is 5.75 Å². The summed E-state index contributed by atoms with van der Waals surface area (Å²) in [7, 11) is 5.57. The van der Waals surface area contributed by atoms with Gasteiger partial charge >= 0.3 is 0 Å². The van der Waals surface area contributed by atoms with Crippen LogP contribution in [0, 0.1) is 0 Å². The highest BCUT2D eigenvalue weighted by Gasteiger charge is 2.43. The first-order valence-electron chi connectivity index (χ1n) is 15.7. The molecule has 0 radical (unpaired) electrons. The van der Waals surface area contributed by atoms with Crippen molar-refractivity contribution in [2.45, 2.75) is 44.2 Å². The molecule has 1 N–H and O–H groups in total. The van der Waals surface area contributed by atoms with Gasteiger partial charge in [0.15, 0.2) is 34.5 Å². The van der Waals surface area contributed by atoms with Crippen molar-refractivity contribution in [3.05, 3.63) is 94.0 Å². The Morgan fingerprint density at radius 1 is 0.800 bits per heavy atom. The van der Waals surface area contributed by atoms with E-state index in [2.05, 4.69) is 66.7 Å². The van der Waals surface area contributed by atoms with E-state index in [9.17, 15) is 0 Å². The molecule has 5 aliphatic rings. The van der Waals surface area contributed by atoms with E-state index in [1.165, 1.54) is 22.3 Å². The van der Waals surface area contributed by atoms with Crippen LogP contribution in [0.1, 0.15) is 46.3 Å². The van der Waals surface area contributed by atoms with Crippen LogP contribution in [-0.4, -0.2) is 46.0 Å². The summed E-state index contributed by atoms with van der Waals surface area (Å²) in [6, 6.07) is 21.1. The monoisotopic (exact) mass is 606 g/mol. The van der Waals surface area contributed by atoms with Crippen molar-refractivity contribution >= 4 is 0 Å². The molecule has 0 aromatic heterocycles. The summed E-state index contributed by atoms with van der Waals surface area (Å²) >= 11 is 0. The Labute approximate surface area is 263 Å². The predicted molar refractivity (Wildman–Crippen MR) is 171 cm³/mol. The van der Waals surface area contributed by atoms with Crippen LogP contribution < -0.4 is 33.7 Å². The second kappa shape index (κ2) is 10.9. The SMILES string of the molecule is COc1ccc2cc1Oc1ccc(cc1)C[C@@]1(C)c3c(cc4c(c3Oc3cc5c(cc3OC)CCN[C@@H]5C2)OCO4)CCN1C. The van der Waals surface area contributed by atoms with Crippen LogP contribution in [0.2, 0.25) is 0 Å². The van der Waals surface area contributed by atoms with Gasteiger partial charge in [-0.1, -0.05) is 18.2 Å². The largest absolute Gasteiger partial charge is 0.493 e. The van der Waals surface area contributed by atoms with Crippen molar-refractivity contribution in [3.8, 4) is 46.0 Å². The van der Waals surface area contributed by atoms with E-state index in [1.54, 1.807) is 14.2 Å². The normalized spacial score (nSPS) is 21.6. The minimum absolute atomic E-state index is 0.0767. The fourth-order valence-electron chi connectivity index (χ4n) is 7.44. The zero-order valence-electron chi connectivity index (χ0n) is 26.2. The summed E-state index contributed by atoms with van der Waals surface area (Å²) in [6.07, 6.45) is 3.33. The molecule has 0 fully saturated rings. The van der Waals surface area contributed by atoms with Crippen LogP contribution in [0.3, 0.4) is 0 Å². The number of hydrogen-bond acceptors (Lipinski definition) is 8. The third-order valence-electron chi connectivity index (χ3n) is 9.96. The highest BCUT2D eigenvalue weighted by Crippen LogP contribution is 2.54. The van der Waals surface area contributed by atoms with Crippen molar-refractivity contribution < 1.29 is 28.4 Å². The minimum Gasteiger partial charge on any atom is -0.493 e. The van der Waals surface area contributed by atoms with Gasteiger partial charge in [0.2, 0.25) is 12.5 Å². The molecule has 5 aliphatic heterocycles. The van der Waals surface area contributed by atoms with Gasteiger partial charge in [-0.3, -0.25) is 4.90 Å². The van der Waals surface area contributed by atoms with Crippen LogP contribution in [0.25, 0.3) is 0 Å². The van der Waals surface area contributed by atoms with Crippen LogP contribution in [-0.2, 0) is 31.2 Å². The van der Waals surface area contributed by atoms with Crippen molar-refractivity contribution in [1.29, 1.82) is 0 Å². The summed E-state index contributed by atoms with van der Waals surface area (Å²) in [5.74, 6) is 5.61. The lowest BCUT2D eigenvalue weighted by Gasteiger charge is -2.45. The van der Waals surface area contributed by atoms with Gasteiger partial charge in [-0.2, -0.15) is 0 Å². The summed E-state index contributed by atoms with van der Waals surface area (Å²) in [5.41, 5.74) is 6.74. The number of ether oxygens (including phenoxy) is 6. The van der Waals surface area contributed by atoms with Crippen molar-refractivity contribution in [1.82, 2.24) is 10.2 Å². The van der Waals surface area contributed by atoms with Crippen molar-refractivity contribution in [2.24, 2.45) is 0 Å². The van der Waals surface area contributed by atoms with E-state index in [0.29, 0.717) is 34.5 Å². The Morgan fingerprint density at radius 2 is 1.60 bits per heavy atom. The lowest BCUT2D eigenvalue weighted by Crippen LogP contribution is -2.48. The topological polar surface area (TPSA) is 70.7 Å². The van der Waals surface area contributed by atoms with Crippen molar-refractivity contribution in [3.63, 3.8) is 0 Å². The maximum absolute atomic E-state index is 7.03. The fourth-order valence-corrected chi connectivity index (χ4v) is 7.44. The van der Waals surface area contributed by atoms with Gasteiger partial charge < -0.3 is 33.7 Å². The first-order valence-corrected chi connectivity index (χ1v) is 15.7. The van der Waals surface area contributed by atoms with Gasteiger partial charge in [0.25, 0.3) is 0 Å². The van der Waals surface area contributed by atoms with Gasteiger partial charge in [0.05, 0.1) is 19.8 Å². The quantitative estimate of drug-likeness (QED) is 0.270. The van der Waals surface area contributed by atoms with Gasteiger partial charge in [-0.25, -0.2) is 0 Å². The van der Waals surface area contributed by atoms with E-state index < -0.39 is 0 Å². The molecule has 9 rings (SSSR count). The fraction of sp³-hybridized carbons (Fsp3) is 0.351. The Bertz CT molecular complexity index is 1790. The highest BCUT2D eigenvalue weighted by atomic mass is 16.7. The standard InChI is InChI=1S/C37H38N2O6/c1-37-20-22-5-8-26(9-6-22)44-31-16-23(7-10-29(31)40-3)15-28-27-19-32(30(41-4)17-24(27)11-13-38-28)45-36-34(37)25(12-14-39(37)2)18-33-35(36)43-21-42-33/h5-10,16-19,28,38H,11-15,20-21H2,1-4H3/t28-,37+/m1/s1. The number of nitrogens with one attached hydrogen (secondary N) is 1. The third-order valence-corrected chi connectivity index (χ3v) is 9.96. The summed E-state index contributed by atoms with van der Waals surface area (Å²) in [6.45, 7) is 4.25. The summed E-state index contributed by atoms with van der Waals surface area (Å²) < 4.78 is 37.2. The molecule has 0 amide bonds. The number of rotatable bonds is 2. The smallest absolute Gasteiger partial charge is 0.231 e. The highest BCUT2D eigenvalue weighted by molar-refractivity contribution is 5.65. The Kier molecular flexibility index (Phi) is 6.80. The molecule has 4 aromatic rings. The molecule has 0 saturated carbocycles. The molecule has 8 nitrogen and oxygen atoms in total. The third kappa shape index (κ3) is 4.75. The lowest BCUT2D eigenvalue weighted by atomic mass is 9.77. The molecule has 2 atom stereocenters. The molecule has 232 valence electrons. The number of benzene rings is 4. The summed E-state index contributed by atoms with van der Waals surface area (Å²) in [5, 5.41) is 3.75. The Hall–Kier alpha value is -4.40. The molecule has 45 heavy (non-hydrogen) atoms. The number of fused-ring (bicyclic) bond motifs is 3. The molecular formula is C37H38N2O6. The number of hydrogen-bond donors (Lipinski definition) is 1. The molecule has 0 saturated heterocycles. The molecule has 0 unspecified atom stereocenters. The van der Waals surface area contributed by atoms with Gasteiger partial charge in [-0.05, 0) is 116 Å². The maximum atomic E-state index is 7.03. The molecule has 0 aliphatic carbocycles. The number of methoxy groups -OCH3 is 2. The van der Waals surface area contributed by atoms with E-state index in [-0.39, 0.29) is 18.4 Å². The minimum atomic E-state index is -0.388. The second-order valence-corrected chi connectivity index (χ2v) is 12.6. The zero-order chi connectivity index (χ0) is 30.7. The van der Waals surface area contributed by atoms with E-state index in [4.69, 9.17) is 28.4 Å². The van der Waals surface area contributed by atoms with E-state index in [1.807, 2.05) is 18.2 Å².